The zero-order valence-corrected chi connectivity index (χ0v) is 59.2. The molecule has 3 atom stereocenters. The molecule has 10 nitrogen and oxygen atoms in total. The number of carbonyl (C=O) groups is 2. The summed E-state index contributed by atoms with van der Waals surface area (Å²) in [7, 11) is -4.63. The predicted molar refractivity (Wildman–Crippen MR) is 372 cm³/mol. The van der Waals surface area contributed by atoms with Gasteiger partial charge in [0, 0.05) is 12.8 Å². The summed E-state index contributed by atoms with van der Waals surface area (Å²) in [5, 5.41) is 18.6. The van der Waals surface area contributed by atoms with Crippen LogP contribution in [0.2, 0.25) is 0 Å². The van der Waals surface area contributed by atoms with Crippen LogP contribution < -0.4 is 0 Å². The highest BCUT2D eigenvalue weighted by molar-refractivity contribution is 7.47. The van der Waals surface area contributed by atoms with Crippen LogP contribution in [0.4, 0.5) is 0 Å². The van der Waals surface area contributed by atoms with Gasteiger partial charge in [0.05, 0.1) is 19.8 Å². The first-order chi connectivity index (χ1) is 42.7. The number of carbonyl (C=O) groups excluding carboxylic acids is 2. The van der Waals surface area contributed by atoms with Gasteiger partial charge >= 0.3 is 19.8 Å². The van der Waals surface area contributed by atoms with E-state index in [1.54, 1.807) is 0 Å². The number of aliphatic hydroxyl groups excluding tert-OH is 2. The van der Waals surface area contributed by atoms with E-state index in [9.17, 15) is 24.2 Å². The van der Waals surface area contributed by atoms with E-state index in [1.165, 1.54) is 366 Å². The number of unbranched alkanes of at least 4 members (excludes halogenated alkanes) is 62. The molecular formula is C76H151O10P. The van der Waals surface area contributed by atoms with Crippen LogP contribution in [0.3, 0.4) is 0 Å². The van der Waals surface area contributed by atoms with Gasteiger partial charge in [-0.1, -0.05) is 412 Å². The number of phosphoric acid groups is 1. The van der Waals surface area contributed by atoms with Gasteiger partial charge in [0.2, 0.25) is 0 Å². The van der Waals surface area contributed by atoms with Crippen LogP contribution in [0.1, 0.15) is 438 Å². The number of ether oxygens (including phenoxy) is 2. The molecule has 520 valence electrons. The lowest BCUT2D eigenvalue weighted by Crippen LogP contribution is -2.29. The average molecular weight is 1260 g/mol. The molecule has 0 aromatic heterocycles. The topological polar surface area (TPSA) is 149 Å². The summed E-state index contributed by atoms with van der Waals surface area (Å²) < 4.78 is 33.2. The van der Waals surface area contributed by atoms with Gasteiger partial charge in [0.1, 0.15) is 12.7 Å². The second-order valence-corrected chi connectivity index (χ2v) is 28.6. The summed E-state index contributed by atoms with van der Waals surface area (Å²) in [5.74, 6) is -0.890. The van der Waals surface area contributed by atoms with Crippen molar-refractivity contribution in [2.24, 2.45) is 0 Å². The van der Waals surface area contributed by atoms with E-state index in [0.29, 0.717) is 12.8 Å². The zero-order chi connectivity index (χ0) is 63.1. The first-order valence-electron chi connectivity index (χ1n) is 39.0. The Balaban J connectivity index is 3.85. The third-order valence-corrected chi connectivity index (χ3v) is 19.2. The molecule has 0 aliphatic rings. The highest BCUT2D eigenvalue weighted by atomic mass is 31.2. The van der Waals surface area contributed by atoms with Crippen LogP contribution in [-0.2, 0) is 32.7 Å². The minimum absolute atomic E-state index is 0.194. The number of aliphatic hydroxyl groups is 2. The monoisotopic (exact) mass is 1260 g/mol. The number of phosphoric ester groups is 1. The van der Waals surface area contributed by atoms with Crippen molar-refractivity contribution in [2.75, 3.05) is 26.4 Å². The predicted octanol–water partition coefficient (Wildman–Crippen LogP) is 24.7. The van der Waals surface area contributed by atoms with Crippen LogP contribution in [0.15, 0.2) is 0 Å². The van der Waals surface area contributed by atoms with Crippen LogP contribution in [0.5, 0.6) is 0 Å². The molecule has 0 spiro atoms. The van der Waals surface area contributed by atoms with E-state index < -0.39 is 51.8 Å². The quantitative estimate of drug-likeness (QED) is 0.0305. The van der Waals surface area contributed by atoms with Crippen molar-refractivity contribution in [3.05, 3.63) is 0 Å². The number of rotatable bonds is 76. The molecule has 0 aliphatic heterocycles. The van der Waals surface area contributed by atoms with Crippen molar-refractivity contribution in [1.82, 2.24) is 0 Å². The van der Waals surface area contributed by atoms with Crippen molar-refractivity contribution in [3.8, 4) is 0 Å². The lowest BCUT2D eigenvalue weighted by Gasteiger charge is -2.20. The Morgan fingerprint density at radius 2 is 0.494 bits per heavy atom. The maximum Gasteiger partial charge on any atom is 0.472 e. The van der Waals surface area contributed by atoms with Crippen molar-refractivity contribution in [3.63, 3.8) is 0 Å². The Bertz CT molecular complexity index is 1400. The molecule has 0 fully saturated rings. The summed E-state index contributed by atoms with van der Waals surface area (Å²) in [6.45, 7) is 2.51. The van der Waals surface area contributed by atoms with Crippen molar-refractivity contribution in [1.29, 1.82) is 0 Å². The molecule has 3 N–H and O–H groups in total. The fourth-order valence-corrected chi connectivity index (χ4v) is 13.1. The van der Waals surface area contributed by atoms with Gasteiger partial charge < -0.3 is 24.6 Å². The minimum Gasteiger partial charge on any atom is -0.462 e. The van der Waals surface area contributed by atoms with Crippen molar-refractivity contribution in [2.45, 2.75) is 450 Å². The van der Waals surface area contributed by atoms with Crippen molar-refractivity contribution < 1.29 is 47.8 Å². The first-order valence-corrected chi connectivity index (χ1v) is 40.5. The molecule has 0 aromatic carbocycles. The van der Waals surface area contributed by atoms with Gasteiger partial charge in [-0.05, 0) is 12.8 Å². The summed E-state index contributed by atoms with van der Waals surface area (Å²) in [4.78, 5) is 35.6. The lowest BCUT2D eigenvalue weighted by atomic mass is 10.0. The minimum atomic E-state index is -4.63. The first kappa shape index (κ1) is 86.0. The molecule has 87 heavy (non-hydrogen) atoms. The van der Waals surface area contributed by atoms with Gasteiger partial charge in [-0.15, -0.1) is 0 Å². The van der Waals surface area contributed by atoms with Gasteiger partial charge in [-0.2, -0.15) is 0 Å². The highest BCUT2D eigenvalue weighted by Gasteiger charge is 2.27. The molecule has 0 radical (unpaired) electrons. The molecule has 1 unspecified atom stereocenters. The molecular weight excluding hydrogens is 1100 g/mol. The normalized spacial score (nSPS) is 13.1. The lowest BCUT2D eigenvalue weighted by molar-refractivity contribution is -0.161. The van der Waals surface area contributed by atoms with E-state index in [-0.39, 0.29) is 19.4 Å². The van der Waals surface area contributed by atoms with Crippen molar-refractivity contribution >= 4 is 19.8 Å². The molecule has 0 aliphatic carbocycles. The third kappa shape index (κ3) is 72.3. The number of hydrogen-bond acceptors (Lipinski definition) is 9. The maximum atomic E-state index is 12.8. The molecule has 0 heterocycles. The van der Waals surface area contributed by atoms with Gasteiger partial charge in [0.15, 0.2) is 6.10 Å². The molecule has 0 rings (SSSR count). The standard InChI is InChI=1S/C76H151O10P/c1-3-5-7-9-11-13-15-17-19-21-23-25-27-29-31-33-35-37-39-41-43-45-47-49-51-53-55-57-59-61-63-65-67-75(79)83-71-74(72-85-87(81,82)84-70-73(78)69-77)86-76(80)68-66-64-62-60-58-56-54-52-50-48-46-44-42-40-38-36-34-32-30-28-26-24-22-20-18-16-14-12-10-8-6-4-2/h73-74,77-78H,3-72H2,1-2H3,(H,81,82)/t73-,74+/m0/s1. The maximum absolute atomic E-state index is 12.8. The molecule has 0 aromatic rings. The second kappa shape index (κ2) is 72.4. The van der Waals surface area contributed by atoms with Crippen LogP contribution in [-0.4, -0.2) is 65.7 Å². The molecule has 0 saturated carbocycles. The zero-order valence-electron chi connectivity index (χ0n) is 58.3. The Labute approximate surface area is 541 Å². The van der Waals surface area contributed by atoms with E-state index in [1.807, 2.05) is 0 Å². The molecule has 0 bridgehead atoms. The van der Waals surface area contributed by atoms with E-state index in [0.717, 1.165) is 32.1 Å². The van der Waals surface area contributed by atoms with Crippen LogP contribution in [0.25, 0.3) is 0 Å². The fraction of sp³-hybridized carbons (Fsp3) is 0.974. The Hall–Kier alpha value is -1.03. The van der Waals surface area contributed by atoms with Gasteiger partial charge in [-0.3, -0.25) is 18.6 Å². The largest absolute Gasteiger partial charge is 0.472 e. The van der Waals surface area contributed by atoms with E-state index >= 15 is 0 Å². The second-order valence-electron chi connectivity index (χ2n) is 27.1. The molecule has 0 saturated heterocycles. The van der Waals surface area contributed by atoms with E-state index in [4.69, 9.17) is 23.6 Å². The molecule has 11 heteroatoms. The van der Waals surface area contributed by atoms with Crippen LogP contribution in [0, 0.1) is 0 Å². The summed E-state index contributed by atoms with van der Waals surface area (Å²) >= 11 is 0. The third-order valence-electron chi connectivity index (χ3n) is 18.3. The SMILES string of the molecule is CCCCCCCCCCCCCCCCCCCCCCCCCCCCCCCCCCC(=O)OC[C@H](COP(=O)(O)OC[C@@H](O)CO)OC(=O)CCCCCCCCCCCCCCCCCCCCCCCCCCCCCCCCCC. The number of esters is 2. The average Bonchev–Trinajstić information content (AvgIpc) is 3.62. The molecule has 0 amide bonds. The Kier molecular flexibility index (Phi) is 71.5. The fourth-order valence-electron chi connectivity index (χ4n) is 12.4. The van der Waals surface area contributed by atoms with Gasteiger partial charge in [-0.25, -0.2) is 4.57 Å². The smallest absolute Gasteiger partial charge is 0.462 e. The number of hydrogen-bond donors (Lipinski definition) is 3. The van der Waals surface area contributed by atoms with Gasteiger partial charge in [0.25, 0.3) is 0 Å². The van der Waals surface area contributed by atoms with E-state index in [2.05, 4.69) is 13.8 Å². The summed E-state index contributed by atoms with van der Waals surface area (Å²) in [5.41, 5.74) is 0. The summed E-state index contributed by atoms with van der Waals surface area (Å²) in [6.07, 6.45) is 84.5. The highest BCUT2D eigenvalue weighted by Crippen LogP contribution is 2.43. The van der Waals surface area contributed by atoms with Crippen LogP contribution >= 0.6 is 7.82 Å². The Morgan fingerprint density at radius 3 is 0.713 bits per heavy atom. The Morgan fingerprint density at radius 1 is 0.299 bits per heavy atom. The summed E-state index contributed by atoms with van der Waals surface area (Å²) in [6, 6.07) is 0.